The molecule has 1 unspecified atom stereocenters. The van der Waals surface area contributed by atoms with Gasteiger partial charge in [0, 0.05) is 17.3 Å². The van der Waals surface area contributed by atoms with Crippen LogP contribution in [0.5, 0.6) is 5.75 Å². The summed E-state index contributed by atoms with van der Waals surface area (Å²) in [5.74, 6) is -0.251. The van der Waals surface area contributed by atoms with Crippen LogP contribution in [0, 0.1) is 13.8 Å². The Morgan fingerprint density at radius 1 is 1.24 bits per heavy atom. The molecule has 0 amide bonds. The molecule has 1 aromatic heterocycles. The van der Waals surface area contributed by atoms with Gasteiger partial charge >= 0.3 is 6.36 Å². The first-order chi connectivity index (χ1) is 9.74. The summed E-state index contributed by atoms with van der Waals surface area (Å²) in [4.78, 5) is 5.55. The van der Waals surface area contributed by atoms with Crippen molar-refractivity contribution in [1.82, 2.24) is 4.98 Å². The van der Waals surface area contributed by atoms with Crippen LogP contribution in [0.4, 0.5) is 13.2 Å². The lowest BCUT2D eigenvalue weighted by molar-refractivity contribution is -0.274. The highest BCUT2D eigenvalue weighted by Crippen LogP contribution is 2.26. The molecule has 0 aliphatic heterocycles. The van der Waals surface area contributed by atoms with Crippen molar-refractivity contribution in [2.24, 2.45) is 5.73 Å². The minimum Gasteiger partial charge on any atom is -0.406 e. The number of nitrogens with two attached hydrogens (primary N) is 1. The van der Waals surface area contributed by atoms with Crippen LogP contribution in [0.2, 0.25) is 0 Å². The van der Waals surface area contributed by atoms with E-state index < -0.39 is 6.36 Å². The van der Waals surface area contributed by atoms with Crippen molar-refractivity contribution in [2.75, 3.05) is 0 Å². The Labute approximate surface area is 124 Å². The zero-order valence-electron chi connectivity index (χ0n) is 11.6. The molecular weight excluding hydrogens is 301 g/mol. The van der Waals surface area contributed by atoms with Gasteiger partial charge in [-0.25, -0.2) is 4.98 Å². The third kappa shape index (κ3) is 4.44. The molecule has 0 saturated carbocycles. The van der Waals surface area contributed by atoms with Gasteiger partial charge in [0.25, 0.3) is 0 Å². The molecule has 114 valence electrons. The molecule has 3 nitrogen and oxygen atoms in total. The fourth-order valence-electron chi connectivity index (χ4n) is 1.85. The zero-order valence-corrected chi connectivity index (χ0v) is 12.4. The van der Waals surface area contributed by atoms with Crippen molar-refractivity contribution in [3.05, 3.63) is 45.4 Å². The number of nitrogens with zero attached hydrogens (tertiary/aromatic N) is 1. The molecule has 0 spiro atoms. The Kier molecular flexibility index (Phi) is 4.53. The lowest BCUT2D eigenvalue weighted by Gasteiger charge is -2.12. The van der Waals surface area contributed by atoms with E-state index in [1.54, 1.807) is 23.5 Å². The Morgan fingerprint density at radius 3 is 2.33 bits per heavy atom. The maximum absolute atomic E-state index is 12.1. The van der Waals surface area contributed by atoms with Gasteiger partial charge in [-0.05, 0) is 31.5 Å². The molecule has 1 aromatic carbocycles. The summed E-state index contributed by atoms with van der Waals surface area (Å²) < 4.78 is 40.0. The predicted octanol–water partition coefficient (Wildman–Crippen LogP) is 3.90. The number of rotatable bonds is 4. The van der Waals surface area contributed by atoms with Crippen molar-refractivity contribution in [2.45, 2.75) is 32.7 Å². The summed E-state index contributed by atoms with van der Waals surface area (Å²) >= 11 is 1.58. The van der Waals surface area contributed by atoms with Crippen LogP contribution < -0.4 is 10.5 Å². The molecular formula is C14H15F3N2OS. The van der Waals surface area contributed by atoms with Gasteiger partial charge < -0.3 is 10.5 Å². The molecule has 21 heavy (non-hydrogen) atoms. The summed E-state index contributed by atoms with van der Waals surface area (Å²) in [6, 6.07) is 5.30. The average molecular weight is 316 g/mol. The van der Waals surface area contributed by atoms with Crippen LogP contribution in [0.3, 0.4) is 0 Å². The third-order valence-electron chi connectivity index (χ3n) is 3.01. The summed E-state index contributed by atoms with van der Waals surface area (Å²) in [6.07, 6.45) is -4.13. The van der Waals surface area contributed by atoms with E-state index in [-0.39, 0.29) is 11.8 Å². The number of aryl methyl sites for hydroxylation is 2. The molecule has 7 heteroatoms. The highest BCUT2D eigenvalue weighted by atomic mass is 32.1. The topological polar surface area (TPSA) is 48.1 Å². The molecule has 2 aromatic rings. The smallest absolute Gasteiger partial charge is 0.406 e. The Morgan fingerprint density at radius 2 is 1.86 bits per heavy atom. The lowest BCUT2D eigenvalue weighted by Crippen LogP contribution is -2.17. The molecule has 2 rings (SSSR count). The van der Waals surface area contributed by atoms with Crippen LogP contribution in [-0.2, 0) is 6.42 Å². The highest BCUT2D eigenvalue weighted by molar-refractivity contribution is 7.11. The molecule has 0 aliphatic rings. The fraction of sp³-hybridized carbons (Fsp3) is 0.357. The van der Waals surface area contributed by atoms with Crippen LogP contribution in [0.1, 0.15) is 27.2 Å². The Hall–Kier alpha value is -1.60. The van der Waals surface area contributed by atoms with E-state index in [4.69, 9.17) is 5.73 Å². The first-order valence-electron chi connectivity index (χ1n) is 6.29. The van der Waals surface area contributed by atoms with E-state index in [2.05, 4.69) is 9.72 Å². The first-order valence-corrected chi connectivity index (χ1v) is 7.10. The number of thiazole rings is 1. The molecule has 1 heterocycles. The van der Waals surface area contributed by atoms with Crippen molar-refractivity contribution >= 4 is 11.3 Å². The van der Waals surface area contributed by atoms with E-state index in [1.165, 1.54) is 12.1 Å². The maximum Gasteiger partial charge on any atom is 0.573 e. The van der Waals surface area contributed by atoms with Crippen LogP contribution in [0.25, 0.3) is 0 Å². The summed E-state index contributed by atoms with van der Waals surface area (Å²) in [5, 5.41) is 0.924. The molecule has 0 aliphatic carbocycles. The number of benzene rings is 1. The molecule has 0 bridgehead atoms. The summed E-state index contributed by atoms with van der Waals surface area (Å²) in [7, 11) is 0. The second kappa shape index (κ2) is 6.03. The third-order valence-corrected chi connectivity index (χ3v) is 4.10. The number of aromatic nitrogens is 1. The Balaban J connectivity index is 2.04. The van der Waals surface area contributed by atoms with Crippen LogP contribution >= 0.6 is 11.3 Å². The van der Waals surface area contributed by atoms with Crippen LogP contribution in [-0.4, -0.2) is 11.3 Å². The number of ether oxygens (including phenoxy) is 1. The van der Waals surface area contributed by atoms with Gasteiger partial charge in [0.2, 0.25) is 0 Å². The highest BCUT2D eigenvalue weighted by Gasteiger charge is 2.31. The van der Waals surface area contributed by atoms with Gasteiger partial charge in [-0.1, -0.05) is 12.1 Å². The van der Waals surface area contributed by atoms with Gasteiger partial charge in [0.15, 0.2) is 0 Å². The number of alkyl halides is 3. The SMILES string of the molecule is Cc1nc(CC(N)c2ccc(OC(F)(F)F)cc2)sc1C. The molecule has 1 atom stereocenters. The zero-order chi connectivity index (χ0) is 15.6. The average Bonchev–Trinajstić information content (AvgIpc) is 2.67. The van der Waals surface area contributed by atoms with Gasteiger partial charge in [-0.15, -0.1) is 24.5 Å². The van der Waals surface area contributed by atoms with E-state index >= 15 is 0 Å². The quantitative estimate of drug-likeness (QED) is 0.930. The van der Waals surface area contributed by atoms with E-state index in [9.17, 15) is 13.2 Å². The normalized spacial score (nSPS) is 13.2. The van der Waals surface area contributed by atoms with Gasteiger partial charge in [0.05, 0.1) is 10.7 Å². The second-order valence-corrected chi connectivity index (χ2v) is 5.96. The molecule has 2 N–H and O–H groups in total. The van der Waals surface area contributed by atoms with E-state index in [1.807, 2.05) is 13.8 Å². The van der Waals surface area contributed by atoms with Crippen molar-refractivity contribution in [3.63, 3.8) is 0 Å². The maximum atomic E-state index is 12.1. The van der Waals surface area contributed by atoms with Gasteiger partial charge in [0.1, 0.15) is 5.75 Å². The number of halogens is 3. The van der Waals surface area contributed by atoms with Crippen molar-refractivity contribution in [3.8, 4) is 5.75 Å². The standard InChI is InChI=1S/C14H15F3N2OS/c1-8-9(2)21-13(19-8)7-12(18)10-3-5-11(6-4-10)20-14(15,16)17/h3-6,12H,7,18H2,1-2H3. The lowest BCUT2D eigenvalue weighted by atomic mass is 10.1. The number of hydrogen-bond donors (Lipinski definition) is 1. The Bertz CT molecular complexity index is 588. The van der Waals surface area contributed by atoms with Gasteiger partial charge in [-0.3, -0.25) is 0 Å². The minimum absolute atomic E-state index is 0.251. The monoisotopic (exact) mass is 316 g/mol. The number of hydrogen-bond acceptors (Lipinski definition) is 4. The first kappa shape index (κ1) is 15.8. The van der Waals surface area contributed by atoms with Crippen molar-refractivity contribution in [1.29, 1.82) is 0 Å². The second-order valence-electron chi connectivity index (χ2n) is 4.68. The largest absolute Gasteiger partial charge is 0.573 e. The van der Waals surface area contributed by atoms with E-state index in [0.29, 0.717) is 6.42 Å². The predicted molar refractivity (Wildman–Crippen MR) is 75.3 cm³/mol. The van der Waals surface area contributed by atoms with E-state index in [0.717, 1.165) is 21.1 Å². The van der Waals surface area contributed by atoms with Gasteiger partial charge in [-0.2, -0.15) is 0 Å². The molecule has 0 fully saturated rings. The summed E-state index contributed by atoms with van der Waals surface area (Å²) in [6.45, 7) is 3.93. The molecule has 0 radical (unpaired) electrons. The molecule has 0 saturated heterocycles. The fourth-order valence-corrected chi connectivity index (χ4v) is 2.84. The van der Waals surface area contributed by atoms with Crippen molar-refractivity contribution < 1.29 is 17.9 Å². The van der Waals surface area contributed by atoms with Crippen LogP contribution in [0.15, 0.2) is 24.3 Å². The summed E-state index contributed by atoms with van der Waals surface area (Å²) in [5.41, 5.74) is 7.80. The minimum atomic E-state index is -4.68.